The summed E-state index contributed by atoms with van der Waals surface area (Å²) in [5.41, 5.74) is 18.0. The number of hydrogen-bond donors (Lipinski definition) is 6. The Bertz CT molecular complexity index is 1910. The van der Waals surface area contributed by atoms with E-state index < -0.39 is 30.1 Å². The first kappa shape index (κ1) is 40.2. The summed E-state index contributed by atoms with van der Waals surface area (Å²) >= 11 is 0. The normalized spacial score (nSPS) is 13.5. The van der Waals surface area contributed by atoms with Gasteiger partial charge in [-0.1, -0.05) is 105 Å². The summed E-state index contributed by atoms with van der Waals surface area (Å²) in [4.78, 5) is 64.3. The van der Waals surface area contributed by atoms with Gasteiger partial charge in [-0.05, 0) is 70.7 Å². The zero-order chi connectivity index (χ0) is 39.3. The number of ether oxygens (including phenoxy) is 1. The average molecular weight is 747 g/mol. The molecule has 12 nitrogen and oxygen atoms in total. The molecule has 1 aliphatic rings. The molecule has 4 aromatic carbocycles. The Hall–Kier alpha value is -6.01. The van der Waals surface area contributed by atoms with Gasteiger partial charge in [0.15, 0.2) is 5.78 Å². The van der Waals surface area contributed by atoms with Crippen LogP contribution in [0.3, 0.4) is 0 Å². The number of urea groups is 1. The Labute approximate surface area is 321 Å². The van der Waals surface area contributed by atoms with E-state index in [-0.39, 0.29) is 62.0 Å². The van der Waals surface area contributed by atoms with Crippen molar-refractivity contribution in [3.63, 3.8) is 0 Å². The zero-order valence-electron chi connectivity index (χ0n) is 31.3. The smallest absolute Gasteiger partial charge is 0.407 e. The van der Waals surface area contributed by atoms with Crippen molar-refractivity contribution in [2.45, 2.75) is 64.1 Å². The van der Waals surface area contributed by atoms with Crippen molar-refractivity contribution in [3.8, 4) is 11.1 Å². The largest absolute Gasteiger partial charge is 0.449 e. The molecule has 0 fully saturated rings. The number of amides is 5. The lowest BCUT2D eigenvalue weighted by atomic mass is 9.89. The minimum atomic E-state index is -0.898. The molecule has 0 bridgehead atoms. The van der Waals surface area contributed by atoms with Crippen molar-refractivity contribution in [2.75, 3.05) is 18.5 Å². The molecule has 4 aromatic rings. The van der Waals surface area contributed by atoms with Gasteiger partial charge < -0.3 is 37.5 Å². The van der Waals surface area contributed by atoms with Crippen LogP contribution < -0.4 is 32.7 Å². The molecule has 12 heteroatoms. The van der Waals surface area contributed by atoms with Crippen LogP contribution in [0.15, 0.2) is 103 Å². The van der Waals surface area contributed by atoms with Crippen molar-refractivity contribution < 1.29 is 28.7 Å². The summed E-state index contributed by atoms with van der Waals surface area (Å²) in [5.74, 6) is -2.16. The summed E-state index contributed by atoms with van der Waals surface area (Å²) in [6, 6.07) is 30.3. The van der Waals surface area contributed by atoms with Gasteiger partial charge >= 0.3 is 12.1 Å². The van der Waals surface area contributed by atoms with Gasteiger partial charge in [-0.15, -0.1) is 0 Å². The minimum absolute atomic E-state index is 0.101. The number of hydrogen-bond acceptors (Lipinski definition) is 7. The van der Waals surface area contributed by atoms with Gasteiger partial charge in [-0.25, -0.2) is 9.59 Å². The van der Waals surface area contributed by atoms with Gasteiger partial charge in [0.2, 0.25) is 11.8 Å². The first-order valence-electron chi connectivity index (χ1n) is 18.6. The van der Waals surface area contributed by atoms with E-state index in [1.54, 1.807) is 24.3 Å². The number of carbonyl (C=O) groups excluding carboxylic acids is 5. The van der Waals surface area contributed by atoms with Gasteiger partial charge in [-0.3, -0.25) is 14.4 Å². The molecule has 0 heterocycles. The summed E-state index contributed by atoms with van der Waals surface area (Å²) in [6.07, 6.45) is 0.230. The molecule has 0 unspecified atom stereocenters. The minimum Gasteiger partial charge on any atom is -0.449 e. The molecular weight excluding hydrogens is 697 g/mol. The fourth-order valence-electron chi connectivity index (χ4n) is 6.87. The highest BCUT2D eigenvalue weighted by Gasteiger charge is 2.32. The first-order valence-corrected chi connectivity index (χ1v) is 18.6. The quantitative estimate of drug-likeness (QED) is 0.0734. The number of anilines is 1. The van der Waals surface area contributed by atoms with Crippen LogP contribution in [0.2, 0.25) is 0 Å². The Morgan fingerprint density at radius 3 is 1.98 bits per heavy atom. The highest BCUT2D eigenvalue weighted by Crippen LogP contribution is 2.44. The third-order valence-corrected chi connectivity index (χ3v) is 9.80. The number of rotatable bonds is 18. The molecule has 8 N–H and O–H groups in total. The lowest BCUT2D eigenvalue weighted by molar-refractivity contribution is -0.128. The molecule has 0 saturated heterocycles. The number of ketones is 1. The third kappa shape index (κ3) is 11.2. The van der Waals surface area contributed by atoms with Crippen LogP contribution in [-0.2, 0) is 32.1 Å². The van der Waals surface area contributed by atoms with Gasteiger partial charge in [0.1, 0.15) is 6.61 Å². The lowest BCUT2D eigenvalue weighted by Gasteiger charge is -2.24. The fraction of sp³-hybridized carbons (Fsp3) is 0.326. The molecule has 0 radical (unpaired) electrons. The number of Topliss-reactive ketones (excluding diaryl/α,β-unsaturated/α-hetero) is 1. The Morgan fingerprint density at radius 2 is 1.36 bits per heavy atom. The Kier molecular flexibility index (Phi) is 14.1. The van der Waals surface area contributed by atoms with Crippen LogP contribution in [0.4, 0.5) is 15.3 Å². The Morgan fingerprint density at radius 1 is 0.745 bits per heavy atom. The maximum Gasteiger partial charge on any atom is 0.407 e. The second-order valence-electron chi connectivity index (χ2n) is 14.2. The van der Waals surface area contributed by atoms with Gasteiger partial charge in [0.25, 0.3) is 0 Å². The van der Waals surface area contributed by atoms with Crippen molar-refractivity contribution in [3.05, 3.63) is 125 Å². The highest BCUT2D eigenvalue weighted by atomic mass is 16.5. The predicted molar refractivity (Wildman–Crippen MR) is 212 cm³/mol. The second-order valence-corrected chi connectivity index (χ2v) is 14.2. The maximum absolute atomic E-state index is 13.8. The van der Waals surface area contributed by atoms with Crippen LogP contribution in [0.5, 0.6) is 0 Å². The van der Waals surface area contributed by atoms with Gasteiger partial charge in [-0.2, -0.15) is 0 Å². The summed E-state index contributed by atoms with van der Waals surface area (Å²) in [7, 11) is 0. The SMILES string of the molecule is CC(C)[C@H](NC(=O)OCC1c2ccccc2-c2ccccc21)C(=O)C[C@@H](CCCNC(N)=O)C(=O)Nc1ccc(CNC(=O)[C@@H](N)Cc2ccccc2)cc1. The number of carbonyl (C=O) groups is 5. The predicted octanol–water partition coefficient (Wildman–Crippen LogP) is 5.40. The van der Waals surface area contributed by atoms with Crippen molar-refractivity contribution in [1.82, 2.24) is 16.0 Å². The van der Waals surface area contributed by atoms with E-state index in [2.05, 4.69) is 33.4 Å². The van der Waals surface area contributed by atoms with Crippen LogP contribution in [0.1, 0.15) is 61.3 Å². The molecule has 0 spiro atoms. The molecule has 5 rings (SSSR count). The van der Waals surface area contributed by atoms with Crippen LogP contribution in [-0.4, -0.2) is 55.0 Å². The van der Waals surface area contributed by atoms with E-state index in [1.165, 1.54) is 0 Å². The lowest BCUT2D eigenvalue weighted by Crippen LogP contribution is -2.46. The van der Waals surface area contributed by atoms with Crippen molar-refractivity contribution in [1.29, 1.82) is 0 Å². The Balaban J connectivity index is 1.16. The highest BCUT2D eigenvalue weighted by molar-refractivity contribution is 5.97. The van der Waals surface area contributed by atoms with Crippen molar-refractivity contribution in [2.24, 2.45) is 23.3 Å². The summed E-state index contributed by atoms with van der Waals surface area (Å²) < 4.78 is 5.72. The number of benzene rings is 4. The van der Waals surface area contributed by atoms with Crippen LogP contribution in [0, 0.1) is 11.8 Å². The molecule has 0 saturated carbocycles. The maximum atomic E-state index is 13.8. The molecular formula is C43H50N6O6. The standard InChI is InChI=1S/C43H50N6O6/c1-27(2)39(49-43(54)55-26-36-34-16-8-6-14-32(34)33-15-7-9-17-35(33)36)38(50)24-30(13-10-22-46-42(45)53)40(51)48-31-20-18-29(19-21-31)25-47-41(52)37(44)23-28-11-4-3-5-12-28/h3-9,11-12,14-21,27,30,36-37,39H,10,13,22-26,44H2,1-2H3,(H,47,52)(H,48,51)(H,49,54)(H3,45,46,53)/t30-,37+,39+/m1/s1. The number of fused-ring (bicyclic) bond motifs is 3. The van der Waals surface area contributed by atoms with Gasteiger partial charge in [0.05, 0.1) is 12.1 Å². The van der Waals surface area contributed by atoms with Crippen LogP contribution >= 0.6 is 0 Å². The number of nitrogens with one attached hydrogen (secondary N) is 4. The molecule has 1 aliphatic carbocycles. The zero-order valence-corrected chi connectivity index (χ0v) is 31.3. The summed E-state index contributed by atoms with van der Waals surface area (Å²) in [5, 5.41) is 11.0. The average Bonchev–Trinajstić information content (AvgIpc) is 3.50. The topological polar surface area (TPSA) is 195 Å². The molecule has 0 aromatic heterocycles. The van der Waals surface area contributed by atoms with E-state index >= 15 is 0 Å². The third-order valence-electron chi connectivity index (χ3n) is 9.80. The molecule has 3 atom stereocenters. The molecule has 288 valence electrons. The van der Waals surface area contributed by atoms with E-state index in [4.69, 9.17) is 16.2 Å². The number of nitrogens with two attached hydrogens (primary N) is 2. The number of alkyl carbamates (subject to hydrolysis) is 1. The first-order chi connectivity index (χ1) is 26.5. The van der Waals surface area contributed by atoms with Crippen molar-refractivity contribution >= 4 is 35.4 Å². The van der Waals surface area contributed by atoms with E-state index in [9.17, 15) is 24.0 Å². The summed E-state index contributed by atoms with van der Waals surface area (Å²) in [6.45, 7) is 4.23. The van der Waals surface area contributed by atoms with Crippen LogP contribution in [0.25, 0.3) is 11.1 Å². The molecule has 0 aliphatic heterocycles. The van der Waals surface area contributed by atoms with E-state index in [1.807, 2.05) is 80.6 Å². The number of primary amides is 1. The van der Waals surface area contributed by atoms with Gasteiger partial charge in [0, 0.05) is 37.0 Å². The second kappa shape index (κ2) is 19.4. The van der Waals surface area contributed by atoms with E-state index in [0.29, 0.717) is 18.5 Å². The molecule has 55 heavy (non-hydrogen) atoms. The monoisotopic (exact) mass is 746 g/mol. The molecule has 5 amide bonds. The fourth-order valence-corrected chi connectivity index (χ4v) is 6.87. The van der Waals surface area contributed by atoms with E-state index in [0.717, 1.165) is 33.4 Å².